The molecular formula is C20H24O4. The molecule has 0 bridgehead atoms. The summed E-state index contributed by atoms with van der Waals surface area (Å²) in [5.41, 5.74) is 4.30. The lowest BCUT2D eigenvalue weighted by molar-refractivity contribution is -0.0217. The summed E-state index contributed by atoms with van der Waals surface area (Å²) in [7, 11) is 0. The number of benzene rings is 2. The molecule has 128 valence electrons. The van der Waals surface area contributed by atoms with Gasteiger partial charge < -0.3 is 14.9 Å². The molecule has 2 aromatic rings. The predicted molar refractivity (Wildman–Crippen MR) is 93.2 cm³/mol. The van der Waals surface area contributed by atoms with Gasteiger partial charge in [-0.05, 0) is 37.5 Å². The molecule has 0 amide bonds. The van der Waals surface area contributed by atoms with Crippen molar-refractivity contribution >= 4 is 5.78 Å². The lowest BCUT2D eigenvalue weighted by Crippen LogP contribution is -2.25. The molecule has 0 aliphatic carbocycles. The first-order valence-electron chi connectivity index (χ1n) is 8.01. The molecule has 2 rings (SSSR count). The Morgan fingerprint density at radius 3 is 2.21 bits per heavy atom. The number of aryl methyl sites for hydroxylation is 3. The molecule has 2 atom stereocenters. The van der Waals surface area contributed by atoms with Crippen LogP contribution in [0.5, 0.6) is 0 Å². The van der Waals surface area contributed by atoms with Crippen LogP contribution in [0.1, 0.15) is 38.7 Å². The van der Waals surface area contributed by atoms with Gasteiger partial charge >= 0.3 is 0 Å². The fourth-order valence-electron chi connectivity index (χ4n) is 2.91. The Balaban J connectivity index is 2.38. The second kappa shape index (κ2) is 8.20. The smallest absolute Gasteiger partial charge is 0.196 e. The summed E-state index contributed by atoms with van der Waals surface area (Å²) < 4.78 is 5.68. The molecule has 2 aromatic carbocycles. The van der Waals surface area contributed by atoms with Gasteiger partial charge in [0.1, 0.15) is 12.2 Å². The molecule has 24 heavy (non-hydrogen) atoms. The van der Waals surface area contributed by atoms with Crippen LogP contribution < -0.4 is 0 Å². The highest BCUT2D eigenvalue weighted by molar-refractivity contribution is 6.02. The lowest BCUT2D eigenvalue weighted by atomic mass is 9.91. The summed E-state index contributed by atoms with van der Waals surface area (Å²) in [6.45, 7) is 5.32. The number of ether oxygens (including phenoxy) is 1. The third-order valence-corrected chi connectivity index (χ3v) is 3.93. The van der Waals surface area contributed by atoms with E-state index < -0.39 is 18.8 Å². The molecule has 0 heterocycles. The standard InChI is InChI=1S/C20H24O4/c1-13-9-14(2)18(15(3)10-13)19(23)20(24-12-17(22)11-21)16-7-5-4-6-8-16/h4-10,17,20-22H,11-12H2,1-3H3. The van der Waals surface area contributed by atoms with Crippen LogP contribution in [0.25, 0.3) is 0 Å². The molecule has 0 saturated carbocycles. The number of hydrogen-bond acceptors (Lipinski definition) is 4. The van der Waals surface area contributed by atoms with Gasteiger partial charge in [0.25, 0.3) is 0 Å². The Hall–Kier alpha value is -2.01. The highest BCUT2D eigenvalue weighted by Crippen LogP contribution is 2.27. The quantitative estimate of drug-likeness (QED) is 0.767. The van der Waals surface area contributed by atoms with Gasteiger partial charge in [0, 0.05) is 5.56 Å². The normalized spacial score (nSPS) is 13.5. The molecule has 4 heteroatoms. The van der Waals surface area contributed by atoms with Crippen molar-refractivity contribution < 1.29 is 19.7 Å². The summed E-state index contributed by atoms with van der Waals surface area (Å²) in [5.74, 6) is -0.138. The van der Waals surface area contributed by atoms with Crippen LogP contribution in [0.3, 0.4) is 0 Å². The van der Waals surface area contributed by atoms with Gasteiger partial charge in [-0.15, -0.1) is 0 Å². The minimum atomic E-state index is -1.01. The molecule has 4 nitrogen and oxygen atoms in total. The van der Waals surface area contributed by atoms with E-state index in [9.17, 15) is 9.90 Å². The monoisotopic (exact) mass is 328 g/mol. The van der Waals surface area contributed by atoms with E-state index in [2.05, 4.69) is 0 Å². The molecule has 2 unspecified atom stereocenters. The lowest BCUT2D eigenvalue weighted by Gasteiger charge is -2.21. The number of carbonyl (C=O) groups is 1. The third-order valence-electron chi connectivity index (χ3n) is 3.93. The van der Waals surface area contributed by atoms with Crippen LogP contribution in [0.2, 0.25) is 0 Å². The van der Waals surface area contributed by atoms with Crippen molar-refractivity contribution in [1.29, 1.82) is 0 Å². The maximum absolute atomic E-state index is 13.1. The third kappa shape index (κ3) is 4.29. The summed E-state index contributed by atoms with van der Waals surface area (Å²) in [6, 6.07) is 13.2. The van der Waals surface area contributed by atoms with E-state index in [1.54, 1.807) is 0 Å². The molecule has 0 radical (unpaired) electrons. The first-order valence-corrected chi connectivity index (χ1v) is 8.01. The molecular weight excluding hydrogens is 304 g/mol. The fraction of sp³-hybridized carbons (Fsp3) is 0.350. The van der Waals surface area contributed by atoms with E-state index in [-0.39, 0.29) is 12.4 Å². The Morgan fingerprint density at radius 2 is 1.67 bits per heavy atom. The van der Waals surface area contributed by atoms with E-state index in [0.29, 0.717) is 5.56 Å². The summed E-state index contributed by atoms with van der Waals surface area (Å²) >= 11 is 0. The van der Waals surface area contributed by atoms with Crippen molar-refractivity contribution in [3.8, 4) is 0 Å². The van der Waals surface area contributed by atoms with Gasteiger partial charge in [0.15, 0.2) is 5.78 Å². The molecule has 0 fully saturated rings. The maximum atomic E-state index is 13.1. The second-order valence-corrected chi connectivity index (χ2v) is 6.10. The van der Waals surface area contributed by atoms with Crippen molar-refractivity contribution in [3.05, 3.63) is 70.3 Å². The Labute approximate surface area is 142 Å². The highest BCUT2D eigenvalue weighted by Gasteiger charge is 2.26. The van der Waals surface area contributed by atoms with Gasteiger partial charge in [-0.3, -0.25) is 4.79 Å². The molecule has 0 aliphatic heterocycles. The Morgan fingerprint density at radius 1 is 1.08 bits per heavy atom. The van der Waals surface area contributed by atoms with E-state index in [4.69, 9.17) is 9.84 Å². The van der Waals surface area contributed by atoms with Crippen LogP contribution in [-0.2, 0) is 4.74 Å². The average Bonchev–Trinajstić information content (AvgIpc) is 2.54. The first kappa shape index (κ1) is 18.3. The van der Waals surface area contributed by atoms with Crippen LogP contribution >= 0.6 is 0 Å². The summed E-state index contributed by atoms with van der Waals surface area (Å²) in [6.07, 6.45) is -1.82. The van der Waals surface area contributed by atoms with E-state index in [1.807, 2.05) is 63.2 Å². The molecule has 0 aliphatic rings. The van der Waals surface area contributed by atoms with E-state index >= 15 is 0 Å². The van der Waals surface area contributed by atoms with Crippen molar-refractivity contribution in [1.82, 2.24) is 0 Å². The minimum Gasteiger partial charge on any atom is -0.394 e. The Bertz CT molecular complexity index is 671. The number of Topliss-reactive ketones (excluding diaryl/α,β-unsaturated/α-hetero) is 1. The van der Waals surface area contributed by atoms with Gasteiger partial charge in [-0.1, -0.05) is 48.0 Å². The number of rotatable bonds is 7. The van der Waals surface area contributed by atoms with E-state index in [1.165, 1.54) is 0 Å². The molecule has 0 aromatic heterocycles. The fourth-order valence-corrected chi connectivity index (χ4v) is 2.91. The van der Waals surface area contributed by atoms with Crippen molar-refractivity contribution in [2.45, 2.75) is 33.0 Å². The SMILES string of the molecule is Cc1cc(C)c(C(=O)C(OCC(O)CO)c2ccccc2)c(C)c1. The number of aliphatic hydroxyl groups is 2. The minimum absolute atomic E-state index is 0.105. The maximum Gasteiger partial charge on any atom is 0.196 e. The largest absolute Gasteiger partial charge is 0.394 e. The first-order chi connectivity index (χ1) is 11.4. The van der Waals surface area contributed by atoms with Gasteiger partial charge in [0.2, 0.25) is 0 Å². The highest BCUT2D eigenvalue weighted by atomic mass is 16.5. The number of carbonyl (C=O) groups excluding carboxylic acids is 1. The van der Waals surface area contributed by atoms with Crippen molar-refractivity contribution in [2.24, 2.45) is 0 Å². The predicted octanol–water partition coefficient (Wildman–Crippen LogP) is 2.91. The van der Waals surface area contributed by atoms with Crippen LogP contribution in [-0.4, -0.2) is 35.3 Å². The summed E-state index contributed by atoms with van der Waals surface area (Å²) in [5, 5.41) is 18.5. The average molecular weight is 328 g/mol. The zero-order valence-corrected chi connectivity index (χ0v) is 14.3. The molecule has 0 saturated heterocycles. The zero-order valence-electron chi connectivity index (χ0n) is 14.3. The van der Waals surface area contributed by atoms with Crippen molar-refractivity contribution in [2.75, 3.05) is 13.2 Å². The van der Waals surface area contributed by atoms with E-state index in [0.717, 1.165) is 22.3 Å². The number of hydrogen-bond donors (Lipinski definition) is 2. The van der Waals surface area contributed by atoms with Crippen LogP contribution in [0, 0.1) is 20.8 Å². The van der Waals surface area contributed by atoms with Gasteiger partial charge in [0.05, 0.1) is 13.2 Å². The number of ketones is 1. The van der Waals surface area contributed by atoms with Gasteiger partial charge in [-0.25, -0.2) is 0 Å². The van der Waals surface area contributed by atoms with Crippen LogP contribution in [0.4, 0.5) is 0 Å². The summed E-state index contributed by atoms with van der Waals surface area (Å²) in [4.78, 5) is 13.1. The van der Waals surface area contributed by atoms with Gasteiger partial charge in [-0.2, -0.15) is 0 Å². The zero-order chi connectivity index (χ0) is 17.7. The topological polar surface area (TPSA) is 66.8 Å². The molecule has 2 N–H and O–H groups in total. The number of aliphatic hydroxyl groups excluding tert-OH is 2. The molecule has 0 spiro atoms. The van der Waals surface area contributed by atoms with Crippen molar-refractivity contribution in [3.63, 3.8) is 0 Å². The van der Waals surface area contributed by atoms with Crippen LogP contribution in [0.15, 0.2) is 42.5 Å². The second-order valence-electron chi connectivity index (χ2n) is 6.10. The Kier molecular flexibility index (Phi) is 6.26.